The largest absolute Gasteiger partial charge is 0.482 e. The molecule has 1 aliphatic rings. The third-order valence-electron chi connectivity index (χ3n) is 4.74. The van der Waals surface area contributed by atoms with Gasteiger partial charge >= 0.3 is 5.97 Å². The molecule has 0 aromatic heterocycles. The van der Waals surface area contributed by atoms with Gasteiger partial charge in [0.05, 0.1) is 4.90 Å². The quantitative estimate of drug-likeness (QED) is 0.759. The number of hydrogen-bond donors (Lipinski definition) is 2. The number of carboxylic acid groups (broad SMARTS) is 1. The molecule has 0 spiro atoms. The number of hydrogen-bond acceptors (Lipinski definition) is 5. The summed E-state index contributed by atoms with van der Waals surface area (Å²) in [7, 11) is -3.78. The van der Waals surface area contributed by atoms with Gasteiger partial charge in [0.2, 0.25) is 0 Å². The second-order valence-electron chi connectivity index (χ2n) is 6.47. The van der Waals surface area contributed by atoms with E-state index in [1.807, 2.05) is 6.07 Å². The van der Waals surface area contributed by atoms with E-state index in [1.54, 1.807) is 24.3 Å². The molecule has 1 aliphatic carbocycles. The fraction of sp³-hybridized carbons (Fsp3) is 0.316. The number of carboxylic acids is 1. The van der Waals surface area contributed by atoms with E-state index in [1.165, 1.54) is 12.1 Å². The zero-order valence-corrected chi connectivity index (χ0v) is 16.0. The van der Waals surface area contributed by atoms with Crippen LogP contribution in [-0.4, -0.2) is 31.5 Å². The summed E-state index contributed by atoms with van der Waals surface area (Å²) in [6, 6.07) is 11.3. The predicted octanol–water partition coefficient (Wildman–Crippen LogP) is 2.98. The van der Waals surface area contributed by atoms with E-state index >= 15 is 0 Å². The van der Waals surface area contributed by atoms with Crippen LogP contribution in [-0.2, 0) is 21.1 Å². The van der Waals surface area contributed by atoms with Crippen LogP contribution in [0.3, 0.4) is 0 Å². The lowest BCUT2D eigenvalue weighted by molar-refractivity contribution is -0.139. The van der Waals surface area contributed by atoms with Gasteiger partial charge in [-0.2, -0.15) is 0 Å². The lowest BCUT2D eigenvalue weighted by atomic mass is 9.82. The maximum atomic E-state index is 13.0. The molecule has 6 nitrogen and oxygen atoms in total. The van der Waals surface area contributed by atoms with E-state index in [-0.39, 0.29) is 4.90 Å². The van der Waals surface area contributed by atoms with Gasteiger partial charge in [-0.05, 0) is 54.7 Å². The summed E-state index contributed by atoms with van der Waals surface area (Å²) in [6.07, 6.45) is 2.05. The van der Waals surface area contributed by atoms with Gasteiger partial charge in [-0.15, -0.1) is 0 Å². The smallest absolute Gasteiger partial charge is 0.341 e. The number of fused-ring (bicyclic) bond motifs is 1. The van der Waals surface area contributed by atoms with Crippen molar-refractivity contribution in [1.82, 2.24) is 0 Å². The topological polar surface area (TPSA) is 107 Å². The highest BCUT2D eigenvalue weighted by Crippen LogP contribution is 2.40. The first-order chi connectivity index (χ1) is 12.8. The molecule has 0 amide bonds. The first-order valence-corrected chi connectivity index (χ1v) is 10.4. The number of sulfone groups is 1. The van der Waals surface area contributed by atoms with Gasteiger partial charge < -0.3 is 15.6 Å². The zero-order valence-electron chi connectivity index (χ0n) is 14.5. The Morgan fingerprint density at radius 1 is 1.30 bits per heavy atom. The fourth-order valence-electron chi connectivity index (χ4n) is 3.49. The van der Waals surface area contributed by atoms with Crippen molar-refractivity contribution in [2.45, 2.75) is 35.4 Å². The van der Waals surface area contributed by atoms with Crippen LogP contribution in [0.4, 0.5) is 0 Å². The number of aliphatic carboxylic acids is 1. The average molecular weight is 410 g/mol. The Bertz CT molecular complexity index is 960. The minimum Gasteiger partial charge on any atom is -0.482 e. The monoisotopic (exact) mass is 409 g/mol. The van der Waals surface area contributed by atoms with Crippen LogP contribution in [0.15, 0.2) is 47.4 Å². The van der Waals surface area contributed by atoms with E-state index in [0.717, 1.165) is 17.5 Å². The number of carbonyl (C=O) groups is 1. The highest BCUT2D eigenvalue weighted by Gasteiger charge is 2.36. The Morgan fingerprint density at radius 3 is 2.74 bits per heavy atom. The van der Waals surface area contributed by atoms with Gasteiger partial charge in [0, 0.05) is 10.9 Å². The number of benzene rings is 2. The molecule has 0 aliphatic heterocycles. The molecule has 3 rings (SSSR count). The summed E-state index contributed by atoms with van der Waals surface area (Å²) in [5.74, 6) is -1.02. The molecule has 144 valence electrons. The van der Waals surface area contributed by atoms with Crippen molar-refractivity contribution in [2.75, 3.05) is 6.61 Å². The van der Waals surface area contributed by atoms with Gasteiger partial charge in [-0.3, -0.25) is 0 Å². The summed E-state index contributed by atoms with van der Waals surface area (Å²) in [5.41, 5.74) is 7.85. The van der Waals surface area contributed by atoms with Crippen LogP contribution < -0.4 is 10.5 Å². The molecule has 0 saturated carbocycles. The first kappa shape index (κ1) is 19.7. The lowest BCUT2D eigenvalue weighted by Crippen LogP contribution is -2.38. The molecular formula is C19H20ClNO5S. The second kappa shape index (κ2) is 7.88. The summed E-state index contributed by atoms with van der Waals surface area (Å²) < 4.78 is 31.4. The molecule has 0 bridgehead atoms. The molecular weight excluding hydrogens is 390 g/mol. The van der Waals surface area contributed by atoms with E-state index < -0.39 is 33.7 Å². The van der Waals surface area contributed by atoms with E-state index in [0.29, 0.717) is 23.6 Å². The molecule has 2 atom stereocenters. The predicted molar refractivity (Wildman–Crippen MR) is 102 cm³/mol. The summed E-state index contributed by atoms with van der Waals surface area (Å²) in [6.45, 7) is -0.450. The number of nitrogens with two attached hydrogens (primary N) is 1. The first-order valence-electron chi connectivity index (χ1n) is 8.52. The highest BCUT2D eigenvalue weighted by molar-refractivity contribution is 7.92. The minimum absolute atomic E-state index is 0.0907. The molecule has 0 radical (unpaired) electrons. The van der Waals surface area contributed by atoms with Gasteiger partial charge in [0.25, 0.3) is 0 Å². The van der Waals surface area contributed by atoms with Crippen LogP contribution in [0, 0.1) is 0 Å². The van der Waals surface area contributed by atoms with Crippen LogP contribution in [0.25, 0.3) is 0 Å². The normalized spacial score (nSPS) is 17.8. The Kier molecular flexibility index (Phi) is 5.74. The van der Waals surface area contributed by atoms with Crippen molar-refractivity contribution in [3.8, 4) is 5.75 Å². The van der Waals surface area contributed by atoms with Crippen molar-refractivity contribution in [3.63, 3.8) is 0 Å². The maximum Gasteiger partial charge on any atom is 0.341 e. The van der Waals surface area contributed by atoms with Crippen LogP contribution in [0.5, 0.6) is 5.75 Å². The Balaban J connectivity index is 1.95. The molecule has 27 heavy (non-hydrogen) atoms. The number of rotatable bonds is 6. The Morgan fingerprint density at radius 2 is 2.04 bits per heavy atom. The highest BCUT2D eigenvalue weighted by atomic mass is 35.5. The second-order valence-corrected chi connectivity index (χ2v) is 9.01. The molecule has 8 heteroatoms. The van der Waals surface area contributed by atoms with E-state index in [4.69, 9.17) is 27.2 Å². The lowest BCUT2D eigenvalue weighted by Gasteiger charge is -2.31. The average Bonchev–Trinajstić information content (AvgIpc) is 2.65. The number of halogens is 1. The Labute approximate surface area is 162 Å². The van der Waals surface area contributed by atoms with E-state index in [9.17, 15) is 13.2 Å². The molecule has 3 N–H and O–H groups in total. The van der Waals surface area contributed by atoms with Crippen molar-refractivity contribution in [3.05, 3.63) is 58.6 Å². The standard InChI is InChI=1S/C19H20ClNO5S/c20-12-4-1-5-13(10-12)27(24,25)19(21)16-8-2-7-15-14(16)6-3-9-17(15)26-11-18(22)23/h1,3-6,9-10,16,19H,2,7-8,11,21H2,(H,22,23). The van der Waals surface area contributed by atoms with Crippen molar-refractivity contribution >= 4 is 27.4 Å². The third-order valence-corrected chi connectivity index (χ3v) is 6.93. The number of ether oxygens (including phenoxy) is 1. The van der Waals surface area contributed by atoms with E-state index in [2.05, 4.69) is 0 Å². The van der Waals surface area contributed by atoms with Gasteiger partial charge in [-0.25, -0.2) is 13.2 Å². The van der Waals surface area contributed by atoms with Crippen molar-refractivity contribution < 1.29 is 23.1 Å². The summed E-state index contributed by atoms with van der Waals surface area (Å²) >= 11 is 5.93. The van der Waals surface area contributed by atoms with Crippen LogP contribution in [0.1, 0.15) is 29.9 Å². The molecule has 2 aromatic carbocycles. The maximum absolute atomic E-state index is 13.0. The molecule has 0 fully saturated rings. The molecule has 0 saturated heterocycles. The third kappa shape index (κ3) is 4.10. The van der Waals surface area contributed by atoms with Gasteiger partial charge in [-0.1, -0.05) is 29.8 Å². The zero-order chi connectivity index (χ0) is 19.6. The minimum atomic E-state index is -3.78. The summed E-state index contributed by atoms with van der Waals surface area (Å²) in [5, 5.41) is 8.03. The van der Waals surface area contributed by atoms with Gasteiger partial charge in [0.15, 0.2) is 16.4 Å². The molecule has 2 aromatic rings. The van der Waals surface area contributed by atoms with Crippen LogP contribution >= 0.6 is 11.6 Å². The van der Waals surface area contributed by atoms with Crippen LogP contribution in [0.2, 0.25) is 5.02 Å². The fourth-order valence-corrected chi connectivity index (χ4v) is 5.33. The SMILES string of the molecule is NC(C1CCCc2c(OCC(=O)O)cccc21)S(=O)(=O)c1cccc(Cl)c1. The van der Waals surface area contributed by atoms with Gasteiger partial charge in [0.1, 0.15) is 11.1 Å². The van der Waals surface area contributed by atoms with Crippen molar-refractivity contribution in [1.29, 1.82) is 0 Å². The van der Waals surface area contributed by atoms with Crippen molar-refractivity contribution in [2.24, 2.45) is 5.73 Å². The summed E-state index contributed by atoms with van der Waals surface area (Å²) in [4.78, 5) is 10.9. The molecule has 2 unspecified atom stereocenters. The molecule has 0 heterocycles. The Hall–Kier alpha value is -2.09.